The molecule has 0 aliphatic rings. The maximum Gasteiger partial charge on any atom is 0.252 e. The smallest absolute Gasteiger partial charge is 0.252 e. The van der Waals surface area contributed by atoms with Crippen LogP contribution >= 0.6 is 11.6 Å². The lowest BCUT2D eigenvalue weighted by molar-refractivity contribution is 0.0954. The molecule has 26 heavy (non-hydrogen) atoms. The van der Waals surface area contributed by atoms with Crippen molar-refractivity contribution in [1.82, 2.24) is 10.3 Å². The lowest BCUT2D eigenvalue weighted by Crippen LogP contribution is -2.25. The number of hydrogen-bond donors (Lipinski definition) is 2. The van der Waals surface area contributed by atoms with E-state index in [2.05, 4.69) is 15.6 Å². The third kappa shape index (κ3) is 4.80. The number of para-hydroxylation sites is 1. The summed E-state index contributed by atoms with van der Waals surface area (Å²) >= 11 is 5.94. The van der Waals surface area contributed by atoms with Gasteiger partial charge in [-0.05, 0) is 48.4 Å². The maximum atomic E-state index is 13.6. The zero-order chi connectivity index (χ0) is 18.4. The van der Waals surface area contributed by atoms with E-state index in [1.54, 1.807) is 30.3 Å². The third-order valence-electron chi connectivity index (χ3n) is 3.75. The number of hydrogen-bond acceptors (Lipinski definition) is 3. The molecule has 3 aromatic rings. The van der Waals surface area contributed by atoms with Crippen molar-refractivity contribution in [2.45, 2.75) is 6.42 Å². The fourth-order valence-corrected chi connectivity index (χ4v) is 2.63. The van der Waals surface area contributed by atoms with Crippen molar-refractivity contribution >= 4 is 29.0 Å². The molecule has 4 nitrogen and oxygen atoms in total. The van der Waals surface area contributed by atoms with E-state index < -0.39 is 0 Å². The van der Waals surface area contributed by atoms with E-state index in [1.165, 1.54) is 12.3 Å². The number of nitrogens with zero attached hydrogens (tertiary/aromatic N) is 1. The first-order valence-electron chi connectivity index (χ1n) is 8.12. The van der Waals surface area contributed by atoms with Crippen molar-refractivity contribution in [3.63, 3.8) is 0 Å². The summed E-state index contributed by atoms with van der Waals surface area (Å²) < 4.78 is 13.6. The van der Waals surface area contributed by atoms with Crippen LogP contribution in [-0.2, 0) is 6.42 Å². The van der Waals surface area contributed by atoms with Crippen molar-refractivity contribution < 1.29 is 9.18 Å². The van der Waals surface area contributed by atoms with Crippen LogP contribution in [0.5, 0.6) is 0 Å². The third-order valence-corrected chi connectivity index (χ3v) is 3.99. The summed E-state index contributed by atoms with van der Waals surface area (Å²) in [5.41, 5.74) is 1.83. The van der Waals surface area contributed by atoms with Crippen molar-refractivity contribution in [1.29, 1.82) is 0 Å². The number of pyridine rings is 1. The van der Waals surface area contributed by atoms with Gasteiger partial charge in [0, 0.05) is 17.8 Å². The Morgan fingerprint density at radius 3 is 2.65 bits per heavy atom. The molecule has 0 spiro atoms. The fraction of sp³-hybridized carbons (Fsp3) is 0.100. The van der Waals surface area contributed by atoms with Crippen LogP contribution in [0.1, 0.15) is 15.9 Å². The van der Waals surface area contributed by atoms with Crippen molar-refractivity contribution in [2.24, 2.45) is 0 Å². The number of anilines is 2. The molecule has 0 atom stereocenters. The average molecular weight is 370 g/mol. The van der Waals surface area contributed by atoms with Crippen LogP contribution in [0, 0.1) is 5.82 Å². The molecule has 0 aliphatic carbocycles. The van der Waals surface area contributed by atoms with Gasteiger partial charge in [-0.1, -0.05) is 35.9 Å². The number of halogens is 2. The minimum absolute atomic E-state index is 0.211. The van der Waals surface area contributed by atoms with E-state index in [1.807, 2.05) is 24.3 Å². The van der Waals surface area contributed by atoms with Crippen LogP contribution in [-0.4, -0.2) is 17.4 Å². The van der Waals surface area contributed by atoms with E-state index in [0.717, 1.165) is 5.56 Å². The van der Waals surface area contributed by atoms with Crippen LogP contribution in [0.2, 0.25) is 5.02 Å². The number of carbonyl (C=O) groups is 1. The van der Waals surface area contributed by atoms with Gasteiger partial charge in [-0.25, -0.2) is 9.37 Å². The SMILES string of the molecule is O=C(NCCc1cccc(Cl)c1)c1ccc(Nc2ccccc2F)nc1. The van der Waals surface area contributed by atoms with Crippen LogP contribution in [0.25, 0.3) is 0 Å². The highest BCUT2D eigenvalue weighted by Gasteiger charge is 2.07. The molecule has 0 bridgehead atoms. The van der Waals surface area contributed by atoms with Crippen molar-refractivity contribution in [3.05, 3.63) is 88.8 Å². The Labute approximate surface area is 156 Å². The van der Waals surface area contributed by atoms with Gasteiger partial charge in [-0.15, -0.1) is 0 Å². The molecule has 2 aromatic carbocycles. The predicted octanol–water partition coefficient (Wildman–Crippen LogP) is 4.59. The summed E-state index contributed by atoms with van der Waals surface area (Å²) in [7, 11) is 0. The van der Waals surface area contributed by atoms with Gasteiger partial charge in [0.05, 0.1) is 11.3 Å². The highest BCUT2D eigenvalue weighted by molar-refractivity contribution is 6.30. The highest BCUT2D eigenvalue weighted by atomic mass is 35.5. The molecule has 0 saturated heterocycles. The lowest BCUT2D eigenvalue weighted by atomic mass is 10.1. The molecule has 1 heterocycles. The molecule has 6 heteroatoms. The van der Waals surface area contributed by atoms with Gasteiger partial charge in [0.1, 0.15) is 11.6 Å². The minimum Gasteiger partial charge on any atom is -0.352 e. The largest absolute Gasteiger partial charge is 0.352 e. The minimum atomic E-state index is -0.364. The normalized spacial score (nSPS) is 10.4. The summed E-state index contributed by atoms with van der Waals surface area (Å²) in [5.74, 6) is -0.111. The summed E-state index contributed by atoms with van der Waals surface area (Å²) in [5, 5.41) is 6.40. The number of aromatic nitrogens is 1. The first kappa shape index (κ1) is 17.9. The van der Waals surface area contributed by atoms with Gasteiger partial charge in [-0.3, -0.25) is 4.79 Å². The van der Waals surface area contributed by atoms with Crippen LogP contribution < -0.4 is 10.6 Å². The average Bonchev–Trinajstić information content (AvgIpc) is 2.64. The van der Waals surface area contributed by atoms with E-state index in [-0.39, 0.29) is 11.7 Å². The quantitative estimate of drug-likeness (QED) is 0.668. The highest BCUT2D eigenvalue weighted by Crippen LogP contribution is 2.18. The van der Waals surface area contributed by atoms with E-state index in [9.17, 15) is 9.18 Å². The number of amides is 1. The molecule has 0 saturated carbocycles. The Bertz CT molecular complexity index is 900. The van der Waals surface area contributed by atoms with Gasteiger partial charge < -0.3 is 10.6 Å². The summed E-state index contributed by atoms with van der Waals surface area (Å²) in [6.45, 7) is 0.494. The zero-order valence-corrected chi connectivity index (χ0v) is 14.6. The van der Waals surface area contributed by atoms with E-state index >= 15 is 0 Å². The van der Waals surface area contributed by atoms with Crippen molar-refractivity contribution in [2.75, 3.05) is 11.9 Å². The molecule has 1 aromatic heterocycles. The molecule has 1 amide bonds. The second kappa shape index (κ2) is 8.45. The van der Waals surface area contributed by atoms with Gasteiger partial charge in [0.2, 0.25) is 0 Å². The molecular weight excluding hydrogens is 353 g/mol. The Morgan fingerprint density at radius 2 is 1.92 bits per heavy atom. The van der Waals surface area contributed by atoms with E-state index in [0.29, 0.717) is 35.1 Å². The van der Waals surface area contributed by atoms with Crippen LogP contribution in [0.3, 0.4) is 0 Å². The van der Waals surface area contributed by atoms with Crippen molar-refractivity contribution in [3.8, 4) is 0 Å². The number of nitrogens with one attached hydrogen (secondary N) is 2. The Morgan fingerprint density at radius 1 is 1.08 bits per heavy atom. The fourth-order valence-electron chi connectivity index (χ4n) is 2.42. The predicted molar refractivity (Wildman–Crippen MR) is 101 cm³/mol. The maximum absolute atomic E-state index is 13.6. The second-order valence-electron chi connectivity index (χ2n) is 5.67. The summed E-state index contributed by atoms with van der Waals surface area (Å²) in [6, 6.07) is 17.1. The van der Waals surface area contributed by atoms with Crippen LogP contribution in [0.15, 0.2) is 66.9 Å². The van der Waals surface area contributed by atoms with Gasteiger partial charge in [0.25, 0.3) is 5.91 Å². The monoisotopic (exact) mass is 369 g/mol. The Balaban J connectivity index is 1.54. The topological polar surface area (TPSA) is 54.0 Å². The number of rotatable bonds is 6. The Hall–Kier alpha value is -2.92. The molecule has 0 aliphatic heterocycles. The zero-order valence-electron chi connectivity index (χ0n) is 13.9. The van der Waals surface area contributed by atoms with E-state index in [4.69, 9.17) is 11.6 Å². The standard InChI is InChI=1S/C20H17ClFN3O/c21-16-5-3-4-14(12-16)10-11-23-20(26)15-8-9-19(24-13-15)25-18-7-2-1-6-17(18)22/h1-9,12-13H,10-11H2,(H,23,26)(H,24,25). The molecule has 0 radical (unpaired) electrons. The van der Waals surface area contributed by atoms with Gasteiger partial charge in [-0.2, -0.15) is 0 Å². The number of carbonyl (C=O) groups excluding carboxylic acids is 1. The molecular formula is C20H17ClFN3O. The Kier molecular flexibility index (Phi) is 5.81. The molecule has 2 N–H and O–H groups in total. The first-order chi connectivity index (χ1) is 12.6. The number of benzene rings is 2. The van der Waals surface area contributed by atoms with Gasteiger partial charge in [0.15, 0.2) is 0 Å². The van der Waals surface area contributed by atoms with Gasteiger partial charge >= 0.3 is 0 Å². The molecule has 3 rings (SSSR count). The summed E-state index contributed by atoms with van der Waals surface area (Å²) in [4.78, 5) is 16.3. The first-order valence-corrected chi connectivity index (χ1v) is 8.50. The molecule has 132 valence electrons. The summed E-state index contributed by atoms with van der Waals surface area (Å²) in [6.07, 6.45) is 2.14. The second-order valence-corrected chi connectivity index (χ2v) is 6.11. The molecule has 0 unspecified atom stereocenters. The van der Waals surface area contributed by atoms with Crippen LogP contribution in [0.4, 0.5) is 15.9 Å². The molecule has 0 fully saturated rings. The lowest BCUT2D eigenvalue weighted by Gasteiger charge is -2.08.